The molecule has 0 saturated carbocycles. The highest BCUT2D eigenvalue weighted by Gasteiger charge is 2.21. The van der Waals surface area contributed by atoms with Gasteiger partial charge < -0.3 is 10.5 Å². The van der Waals surface area contributed by atoms with Crippen molar-refractivity contribution in [3.8, 4) is 0 Å². The van der Waals surface area contributed by atoms with Gasteiger partial charge in [-0.2, -0.15) is 0 Å². The average molecular weight is 289 g/mol. The van der Waals surface area contributed by atoms with Crippen LogP contribution in [-0.2, 0) is 4.74 Å². The lowest BCUT2D eigenvalue weighted by molar-refractivity contribution is 0.0353. The van der Waals surface area contributed by atoms with Crippen molar-refractivity contribution in [2.75, 3.05) is 39.4 Å². The Balaban J connectivity index is 2.12. The first-order valence-electron chi connectivity index (χ1n) is 6.16. The molecule has 0 aliphatic carbocycles. The van der Waals surface area contributed by atoms with Crippen molar-refractivity contribution in [2.45, 2.75) is 5.92 Å². The lowest BCUT2D eigenvalue weighted by atomic mass is 9.98. The highest BCUT2D eigenvalue weighted by atomic mass is 35.5. The Morgan fingerprint density at radius 1 is 1.22 bits per heavy atom. The molecule has 1 aromatic carbocycles. The second-order valence-corrected chi connectivity index (χ2v) is 5.30. The van der Waals surface area contributed by atoms with E-state index >= 15 is 0 Å². The number of halogens is 2. The molecule has 0 aromatic heterocycles. The molecule has 100 valence electrons. The van der Waals surface area contributed by atoms with E-state index in [1.54, 1.807) is 0 Å². The van der Waals surface area contributed by atoms with Crippen LogP contribution in [0.5, 0.6) is 0 Å². The summed E-state index contributed by atoms with van der Waals surface area (Å²) in [6.45, 7) is 4.88. The number of nitrogens with two attached hydrogens (primary N) is 1. The fraction of sp³-hybridized carbons (Fsp3) is 0.538. The summed E-state index contributed by atoms with van der Waals surface area (Å²) in [5.74, 6) is 0.171. The molecule has 2 N–H and O–H groups in total. The minimum Gasteiger partial charge on any atom is -0.379 e. The fourth-order valence-electron chi connectivity index (χ4n) is 2.28. The Morgan fingerprint density at radius 3 is 2.39 bits per heavy atom. The average Bonchev–Trinajstić information content (AvgIpc) is 2.38. The summed E-state index contributed by atoms with van der Waals surface area (Å²) in [4.78, 5) is 2.35. The summed E-state index contributed by atoms with van der Waals surface area (Å²) in [6, 6.07) is 5.59. The first kappa shape index (κ1) is 14.1. The molecule has 0 amide bonds. The standard InChI is InChI=1S/C13H18Cl2N2O/c14-11-2-1-3-12(15)13(11)10(8-16)9-17-4-6-18-7-5-17/h1-3,10H,4-9,16H2. The maximum Gasteiger partial charge on any atom is 0.0594 e. The fourth-order valence-corrected chi connectivity index (χ4v) is 2.99. The van der Waals surface area contributed by atoms with Gasteiger partial charge >= 0.3 is 0 Å². The van der Waals surface area contributed by atoms with Crippen LogP contribution in [-0.4, -0.2) is 44.3 Å². The largest absolute Gasteiger partial charge is 0.379 e. The molecule has 2 rings (SSSR count). The van der Waals surface area contributed by atoms with Crippen LogP contribution in [0.2, 0.25) is 10.0 Å². The van der Waals surface area contributed by atoms with Crippen molar-refractivity contribution < 1.29 is 4.74 Å². The van der Waals surface area contributed by atoms with Crippen LogP contribution < -0.4 is 5.73 Å². The van der Waals surface area contributed by atoms with Gasteiger partial charge in [0.05, 0.1) is 13.2 Å². The summed E-state index contributed by atoms with van der Waals surface area (Å²) in [5.41, 5.74) is 6.85. The van der Waals surface area contributed by atoms with Crippen molar-refractivity contribution in [3.05, 3.63) is 33.8 Å². The van der Waals surface area contributed by atoms with Gasteiger partial charge in [0.1, 0.15) is 0 Å². The van der Waals surface area contributed by atoms with Crippen LogP contribution >= 0.6 is 23.2 Å². The monoisotopic (exact) mass is 288 g/mol. The Bertz CT molecular complexity index is 374. The number of rotatable bonds is 4. The lowest BCUT2D eigenvalue weighted by Gasteiger charge is -2.30. The Kier molecular flexibility index (Phi) is 5.27. The van der Waals surface area contributed by atoms with E-state index in [1.165, 1.54) is 0 Å². The van der Waals surface area contributed by atoms with Crippen molar-refractivity contribution in [1.82, 2.24) is 4.90 Å². The smallest absolute Gasteiger partial charge is 0.0594 e. The Hall–Kier alpha value is -0.320. The minimum atomic E-state index is 0.171. The molecule has 3 nitrogen and oxygen atoms in total. The van der Waals surface area contributed by atoms with Gasteiger partial charge in [0.2, 0.25) is 0 Å². The van der Waals surface area contributed by atoms with E-state index in [9.17, 15) is 0 Å². The van der Waals surface area contributed by atoms with Gasteiger partial charge in [-0.05, 0) is 17.7 Å². The van der Waals surface area contributed by atoms with Crippen molar-refractivity contribution in [2.24, 2.45) is 5.73 Å². The van der Waals surface area contributed by atoms with Crippen molar-refractivity contribution >= 4 is 23.2 Å². The SMILES string of the molecule is NCC(CN1CCOCC1)c1c(Cl)cccc1Cl. The maximum absolute atomic E-state index is 6.24. The minimum absolute atomic E-state index is 0.171. The first-order valence-corrected chi connectivity index (χ1v) is 6.92. The second kappa shape index (κ2) is 6.73. The molecule has 1 aromatic rings. The molecule has 0 bridgehead atoms. The number of nitrogens with zero attached hydrogens (tertiary/aromatic N) is 1. The molecule has 0 spiro atoms. The lowest BCUT2D eigenvalue weighted by Crippen LogP contribution is -2.40. The molecule has 0 radical (unpaired) electrons. The van der Waals surface area contributed by atoms with Gasteiger partial charge in [0.25, 0.3) is 0 Å². The molecular weight excluding hydrogens is 271 g/mol. The zero-order chi connectivity index (χ0) is 13.0. The Labute approximate surface area is 118 Å². The van der Waals surface area contributed by atoms with E-state index in [2.05, 4.69) is 4.90 Å². The molecular formula is C13H18Cl2N2O. The maximum atomic E-state index is 6.24. The molecule has 1 aliphatic heterocycles. The van der Waals surface area contributed by atoms with Crippen LogP contribution in [0.25, 0.3) is 0 Å². The van der Waals surface area contributed by atoms with Gasteiger partial charge in [-0.1, -0.05) is 29.3 Å². The zero-order valence-electron chi connectivity index (χ0n) is 10.2. The highest BCUT2D eigenvalue weighted by Crippen LogP contribution is 2.31. The molecule has 1 atom stereocenters. The van der Waals surface area contributed by atoms with Crippen LogP contribution in [0, 0.1) is 0 Å². The first-order chi connectivity index (χ1) is 8.72. The van der Waals surface area contributed by atoms with Crippen LogP contribution in [0.4, 0.5) is 0 Å². The molecule has 1 saturated heterocycles. The molecule has 1 unspecified atom stereocenters. The van der Waals surface area contributed by atoms with E-state index in [0.717, 1.165) is 38.4 Å². The Morgan fingerprint density at radius 2 is 1.83 bits per heavy atom. The van der Waals surface area contributed by atoms with Gasteiger partial charge in [0, 0.05) is 42.1 Å². The number of hydrogen-bond acceptors (Lipinski definition) is 3. The van der Waals surface area contributed by atoms with E-state index in [1.807, 2.05) is 18.2 Å². The van der Waals surface area contributed by atoms with Crippen LogP contribution in [0.3, 0.4) is 0 Å². The summed E-state index contributed by atoms with van der Waals surface area (Å²) in [5, 5.41) is 1.40. The number of morpholine rings is 1. The van der Waals surface area contributed by atoms with Crippen LogP contribution in [0.15, 0.2) is 18.2 Å². The predicted octanol–water partition coefficient (Wildman–Crippen LogP) is 2.37. The summed E-state index contributed by atoms with van der Waals surface area (Å²) < 4.78 is 5.34. The second-order valence-electron chi connectivity index (χ2n) is 4.48. The summed E-state index contributed by atoms with van der Waals surface area (Å²) >= 11 is 12.5. The summed E-state index contributed by atoms with van der Waals surface area (Å²) in [7, 11) is 0. The third kappa shape index (κ3) is 3.37. The quantitative estimate of drug-likeness (QED) is 0.925. The topological polar surface area (TPSA) is 38.5 Å². The molecule has 18 heavy (non-hydrogen) atoms. The zero-order valence-corrected chi connectivity index (χ0v) is 11.8. The van der Waals surface area contributed by atoms with Gasteiger partial charge in [0.15, 0.2) is 0 Å². The molecule has 1 fully saturated rings. The van der Waals surface area contributed by atoms with E-state index in [0.29, 0.717) is 16.6 Å². The third-order valence-electron chi connectivity index (χ3n) is 3.27. The van der Waals surface area contributed by atoms with Gasteiger partial charge in [-0.3, -0.25) is 4.90 Å². The number of hydrogen-bond donors (Lipinski definition) is 1. The number of benzene rings is 1. The van der Waals surface area contributed by atoms with Gasteiger partial charge in [-0.25, -0.2) is 0 Å². The van der Waals surface area contributed by atoms with Crippen LogP contribution in [0.1, 0.15) is 11.5 Å². The molecule has 5 heteroatoms. The van der Waals surface area contributed by atoms with E-state index in [4.69, 9.17) is 33.7 Å². The van der Waals surface area contributed by atoms with Crippen molar-refractivity contribution in [1.29, 1.82) is 0 Å². The third-order valence-corrected chi connectivity index (χ3v) is 3.93. The van der Waals surface area contributed by atoms with E-state index < -0.39 is 0 Å². The molecule has 1 aliphatic rings. The van der Waals surface area contributed by atoms with Crippen molar-refractivity contribution in [3.63, 3.8) is 0 Å². The molecule has 1 heterocycles. The summed E-state index contributed by atoms with van der Waals surface area (Å²) in [6.07, 6.45) is 0. The van der Waals surface area contributed by atoms with Gasteiger partial charge in [-0.15, -0.1) is 0 Å². The highest BCUT2D eigenvalue weighted by molar-refractivity contribution is 6.36. The predicted molar refractivity (Wildman–Crippen MR) is 75.5 cm³/mol. The normalized spacial score (nSPS) is 18.8. The van der Waals surface area contributed by atoms with E-state index in [-0.39, 0.29) is 5.92 Å². The number of ether oxygens (including phenoxy) is 1.